The SMILES string of the molecule is CS(=O)(=O)N1CCC(C2c3ccc(Cl)cc3C=C(Br)c3cccnc32)CC1.CS(C)(C)C#CC1=Cc2cc(Cl)ccc2C(C2CCN(S(C)(=O)=O)CC2)c2ncccc21. The summed E-state index contributed by atoms with van der Waals surface area (Å²) in [5.41, 5.74) is 9.72. The Morgan fingerprint density at radius 1 is 0.644 bits per heavy atom. The van der Waals surface area contributed by atoms with Gasteiger partial charge in [0.05, 0.1) is 23.9 Å². The van der Waals surface area contributed by atoms with Crippen LogP contribution in [-0.2, 0) is 20.0 Å². The predicted molar refractivity (Wildman–Crippen MR) is 251 cm³/mol. The Kier molecular flexibility index (Phi) is 13.3. The fourth-order valence-electron chi connectivity index (χ4n) is 8.76. The Hall–Kier alpha value is -2.99. The molecule has 0 radical (unpaired) electrons. The van der Waals surface area contributed by atoms with Gasteiger partial charge in [-0.2, -0.15) is 10.0 Å². The Balaban J connectivity index is 0.000000181. The van der Waals surface area contributed by atoms with Crippen LogP contribution in [0.15, 0.2) is 73.1 Å². The van der Waals surface area contributed by atoms with E-state index in [0.717, 1.165) is 69.4 Å². The number of pyridine rings is 2. The lowest BCUT2D eigenvalue weighted by molar-refractivity contribution is 0.256. The molecule has 4 aromatic rings. The molecule has 0 spiro atoms. The van der Waals surface area contributed by atoms with Crippen molar-refractivity contribution in [3.8, 4) is 11.2 Å². The van der Waals surface area contributed by atoms with E-state index in [2.05, 4.69) is 82.3 Å². The molecule has 2 fully saturated rings. The molecule has 8 nitrogen and oxygen atoms in total. The fraction of sp³-hybridized carbons (Fsp3) is 0.378. The molecule has 2 atom stereocenters. The van der Waals surface area contributed by atoms with Crippen molar-refractivity contribution < 1.29 is 16.8 Å². The molecule has 2 aromatic carbocycles. The lowest BCUT2D eigenvalue weighted by atomic mass is 9.76. The van der Waals surface area contributed by atoms with Gasteiger partial charge in [-0.05, 0) is 132 Å². The number of rotatable bonds is 4. The van der Waals surface area contributed by atoms with E-state index in [-0.39, 0.29) is 17.8 Å². The standard InChI is InChI=1S/C25H29ClN2O2S2.C20H20BrClN2O2S/c1-31(2,3)15-11-19-16-20-17-21(26)7-8-22(20)24(25-23(19)6-5-12-27-25)18-9-13-28(14-10-18)32(4,29)30;1-27(25,26)24-9-6-13(7-10-24)19-16-5-4-15(22)11-14(16)12-18(21)17-3-2-8-23-20(17)19/h5-8,12,16-18,24H,9-10,13-14H2,1-4H3;2-5,8,11-13,19H,6-7,9-10H2,1H3. The first-order valence-corrected chi connectivity index (χ1v) is 27.7. The van der Waals surface area contributed by atoms with Crippen molar-refractivity contribution in [3.63, 3.8) is 0 Å². The van der Waals surface area contributed by atoms with E-state index < -0.39 is 30.1 Å². The summed E-state index contributed by atoms with van der Waals surface area (Å²) < 4.78 is 52.0. The monoisotopic (exact) mass is 954 g/mol. The first kappa shape index (κ1) is 44.1. The first-order chi connectivity index (χ1) is 27.9. The zero-order valence-corrected chi connectivity index (χ0v) is 39.4. The summed E-state index contributed by atoms with van der Waals surface area (Å²) in [6.45, 7) is 2.19. The summed E-state index contributed by atoms with van der Waals surface area (Å²) in [6.07, 6.45) is 20.3. The van der Waals surface area contributed by atoms with Crippen LogP contribution in [0.1, 0.15) is 82.3 Å². The minimum absolute atomic E-state index is 0.0673. The zero-order valence-electron chi connectivity index (χ0n) is 33.8. The van der Waals surface area contributed by atoms with Crippen LogP contribution in [0.4, 0.5) is 0 Å². The van der Waals surface area contributed by atoms with Crippen LogP contribution in [0.25, 0.3) is 22.2 Å². The Labute approximate surface area is 370 Å². The highest BCUT2D eigenvalue weighted by molar-refractivity contribution is 9.15. The van der Waals surface area contributed by atoms with Gasteiger partial charge in [-0.3, -0.25) is 9.97 Å². The van der Waals surface area contributed by atoms with E-state index in [9.17, 15) is 16.8 Å². The van der Waals surface area contributed by atoms with Crippen molar-refractivity contribution in [2.24, 2.45) is 11.8 Å². The smallest absolute Gasteiger partial charge is 0.211 e. The number of nitrogens with zero attached hydrogens (tertiary/aromatic N) is 4. The van der Waals surface area contributed by atoms with Crippen LogP contribution in [0, 0.1) is 23.0 Å². The van der Waals surface area contributed by atoms with Gasteiger partial charge in [0, 0.05) is 81.6 Å². The van der Waals surface area contributed by atoms with Crippen LogP contribution in [0.2, 0.25) is 10.0 Å². The maximum atomic E-state index is 12.0. The van der Waals surface area contributed by atoms with Gasteiger partial charge in [0.2, 0.25) is 20.0 Å². The molecule has 0 bridgehead atoms. The number of piperidine rings is 2. The maximum absolute atomic E-state index is 12.0. The molecule has 0 N–H and O–H groups in total. The van der Waals surface area contributed by atoms with E-state index in [1.54, 1.807) is 8.61 Å². The molecule has 14 heteroatoms. The molecule has 4 aliphatic rings. The Morgan fingerprint density at radius 3 is 1.54 bits per heavy atom. The van der Waals surface area contributed by atoms with Crippen molar-refractivity contribution >= 4 is 91.4 Å². The third-order valence-electron chi connectivity index (χ3n) is 11.5. The molecule has 312 valence electrons. The van der Waals surface area contributed by atoms with Crippen LogP contribution < -0.4 is 0 Å². The molecule has 2 aromatic heterocycles. The largest absolute Gasteiger partial charge is 0.260 e. The molecule has 2 saturated heterocycles. The number of halogens is 3. The van der Waals surface area contributed by atoms with Gasteiger partial charge >= 0.3 is 0 Å². The van der Waals surface area contributed by atoms with Crippen molar-refractivity contribution in [3.05, 3.63) is 128 Å². The average Bonchev–Trinajstić information content (AvgIpc) is 3.39. The van der Waals surface area contributed by atoms with Gasteiger partial charge in [0.25, 0.3) is 0 Å². The highest BCUT2D eigenvalue weighted by Crippen LogP contribution is 2.47. The van der Waals surface area contributed by atoms with E-state index in [0.29, 0.717) is 42.1 Å². The number of allylic oxidation sites excluding steroid dienone is 1. The molecule has 4 heterocycles. The van der Waals surface area contributed by atoms with Crippen molar-refractivity contribution in [2.45, 2.75) is 37.5 Å². The second kappa shape index (κ2) is 17.8. The molecule has 8 rings (SSSR count). The number of benzene rings is 2. The highest BCUT2D eigenvalue weighted by Gasteiger charge is 2.37. The fourth-order valence-corrected chi connectivity index (χ4v) is 11.9. The number of hydrogen-bond acceptors (Lipinski definition) is 6. The lowest BCUT2D eigenvalue weighted by Crippen LogP contribution is -2.39. The summed E-state index contributed by atoms with van der Waals surface area (Å²) in [7, 11) is -7.30. The lowest BCUT2D eigenvalue weighted by Gasteiger charge is -2.35. The number of sulfonamides is 2. The van der Waals surface area contributed by atoms with Crippen LogP contribution in [0.5, 0.6) is 0 Å². The number of fused-ring (bicyclic) bond motifs is 4. The van der Waals surface area contributed by atoms with Gasteiger partial charge in [-0.15, -0.1) is 0 Å². The minimum atomic E-state index is -3.17. The quantitative estimate of drug-likeness (QED) is 0.189. The molecule has 59 heavy (non-hydrogen) atoms. The maximum Gasteiger partial charge on any atom is 0.211 e. The minimum Gasteiger partial charge on any atom is -0.260 e. The van der Waals surface area contributed by atoms with Crippen molar-refractivity contribution in [2.75, 3.05) is 57.5 Å². The molecule has 2 unspecified atom stereocenters. The summed E-state index contributed by atoms with van der Waals surface area (Å²) in [5.74, 6) is 4.24. The Morgan fingerprint density at radius 2 is 1.08 bits per heavy atom. The van der Waals surface area contributed by atoms with Gasteiger partial charge < -0.3 is 0 Å². The Bertz CT molecular complexity index is 2600. The topological polar surface area (TPSA) is 101 Å². The second-order valence-electron chi connectivity index (χ2n) is 16.5. The van der Waals surface area contributed by atoms with E-state index in [1.165, 1.54) is 23.6 Å². The molecule has 2 aliphatic heterocycles. The van der Waals surface area contributed by atoms with Crippen LogP contribution >= 0.6 is 49.2 Å². The van der Waals surface area contributed by atoms with Gasteiger partial charge in [0.1, 0.15) is 0 Å². The predicted octanol–water partition coefficient (Wildman–Crippen LogP) is 9.79. The van der Waals surface area contributed by atoms with E-state index in [4.69, 9.17) is 33.2 Å². The third-order valence-corrected chi connectivity index (χ3v) is 16.0. The average molecular weight is 957 g/mol. The zero-order chi connectivity index (χ0) is 42.3. The van der Waals surface area contributed by atoms with Crippen molar-refractivity contribution in [1.82, 2.24) is 18.6 Å². The van der Waals surface area contributed by atoms with Crippen molar-refractivity contribution in [1.29, 1.82) is 0 Å². The van der Waals surface area contributed by atoms with Gasteiger partial charge in [-0.25, -0.2) is 25.4 Å². The van der Waals surface area contributed by atoms with Gasteiger partial charge in [0.15, 0.2) is 0 Å². The molecule has 2 aliphatic carbocycles. The summed E-state index contributed by atoms with van der Waals surface area (Å²) in [5, 5.41) is 4.85. The molecular formula is C45H49BrCl2N4O4S3. The normalized spacial score (nSPS) is 20.7. The second-order valence-corrected chi connectivity index (χ2v) is 26.1. The summed E-state index contributed by atoms with van der Waals surface area (Å²) in [4.78, 5) is 9.59. The number of aromatic nitrogens is 2. The number of hydrogen-bond donors (Lipinski definition) is 0. The van der Waals surface area contributed by atoms with Crippen LogP contribution in [-0.4, -0.2) is 92.9 Å². The van der Waals surface area contributed by atoms with E-state index >= 15 is 0 Å². The first-order valence-electron chi connectivity index (χ1n) is 19.6. The van der Waals surface area contributed by atoms with Crippen LogP contribution in [0.3, 0.4) is 0 Å². The molecule has 0 saturated carbocycles. The van der Waals surface area contributed by atoms with Gasteiger partial charge in [-0.1, -0.05) is 69.3 Å². The molecule has 0 amide bonds. The summed E-state index contributed by atoms with van der Waals surface area (Å²) >= 11 is 16.4. The van der Waals surface area contributed by atoms with E-state index in [1.807, 2.05) is 48.8 Å². The molecular weight excluding hydrogens is 908 g/mol. The third kappa shape index (κ3) is 10.2. The highest BCUT2D eigenvalue weighted by atomic mass is 79.9. The summed E-state index contributed by atoms with van der Waals surface area (Å²) in [6, 6.07) is 20.1.